The van der Waals surface area contributed by atoms with Gasteiger partial charge in [0.25, 0.3) is 0 Å². The predicted octanol–water partition coefficient (Wildman–Crippen LogP) is 4.89. The number of fused-ring (bicyclic) bond motifs is 1. The van der Waals surface area contributed by atoms with E-state index in [4.69, 9.17) is 11.6 Å². The van der Waals surface area contributed by atoms with Crippen LogP contribution in [0.15, 0.2) is 36.4 Å². The van der Waals surface area contributed by atoms with Crippen molar-refractivity contribution < 1.29 is 13.9 Å². The van der Waals surface area contributed by atoms with Crippen molar-refractivity contribution in [1.82, 2.24) is 4.57 Å². The Morgan fingerprint density at radius 3 is 2.62 bits per heavy atom. The summed E-state index contributed by atoms with van der Waals surface area (Å²) in [5.74, 6) is -1.24. The van der Waals surface area contributed by atoms with E-state index in [9.17, 15) is 9.18 Å². The summed E-state index contributed by atoms with van der Waals surface area (Å²) < 4.78 is 21.3. The number of aryl methyl sites for hydroxylation is 1. The predicted molar refractivity (Wildman–Crippen MR) is 93.3 cm³/mol. The monoisotopic (exact) mass is 345 g/mol. The van der Waals surface area contributed by atoms with Crippen molar-refractivity contribution in [3.8, 4) is 0 Å². The first-order valence-electron chi connectivity index (χ1n) is 7.55. The van der Waals surface area contributed by atoms with Gasteiger partial charge in [-0.05, 0) is 31.5 Å². The SMILES string of the molecule is COC(=O)c1cccc(Cn2c(C)c(C)c3cccc(Cl)c32)c1F. The van der Waals surface area contributed by atoms with E-state index in [-0.39, 0.29) is 12.1 Å². The highest BCUT2D eigenvalue weighted by Gasteiger charge is 2.18. The highest BCUT2D eigenvalue weighted by Crippen LogP contribution is 2.31. The van der Waals surface area contributed by atoms with Gasteiger partial charge in [-0.15, -0.1) is 0 Å². The summed E-state index contributed by atoms with van der Waals surface area (Å²) in [6.45, 7) is 4.29. The largest absolute Gasteiger partial charge is 0.465 e. The molecule has 0 saturated heterocycles. The summed E-state index contributed by atoms with van der Waals surface area (Å²) in [4.78, 5) is 11.7. The minimum Gasteiger partial charge on any atom is -0.465 e. The molecule has 0 aliphatic heterocycles. The molecule has 1 aromatic heterocycles. The molecule has 0 aliphatic carbocycles. The number of carbonyl (C=O) groups excluding carboxylic acids is 1. The summed E-state index contributed by atoms with van der Waals surface area (Å²) in [7, 11) is 1.24. The van der Waals surface area contributed by atoms with Crippen LogP contribution >= 0.6 is 11.6 Å². The molecule has 3 rings (SSSR count). The smallest absolute Gasteiger partial charge is 0.340 e. The minimum absolute atomic E-state index is 0.0630. The lowest BCUT2D eigenvalue weighted by atomic mass is 10.1. The number of aromatic nitrogens is 1. The first kappa shape index (κ1) is 16.5. The number of hydrogen-bond acceptors (Lipinski definition) is 2. The summed E-state index contributed by atoms with van der Waals surface area (Å²) in [6, 6.07) is 10.5. The van der Waals surface area contributed by atoms with E-state index in [0.717, 1.165) is 22.2 Å². The third-order valence-electron chi connectivity index (χ3n) is 4.42. The lowest BCUT2D eigenvalue weighted by molar-refractivity contribution is 0.0595. The van der Waals surface area contributed by atoms with Crippen LogP contribution in [0.3, 0.4) is 0 Å². The average molecular weight is 346 g/mol. The molecule has 5 heteroatoms. The Hall–Kier alpha value is -2.33. The fourth-order valence-corrected chi connectivity index (χ4v) is 3.27. The first-order chi connectivity index (χ1) is 11.5. The van der Waals surface area contributed by atoms with Crippen molar-refractivity contribution in [3.05, 3.63) is 69.6 Å². The Morgan fingerprint density at radius 2 is 1.92 bits per heavy atom. The van der Waals surface area contributed by atoms with Gasteiger partial charge in [-0.25, -0.2) is 9.18 Å². The highest BCUT2D eigenvalue weighted by atomic mass is 35.5. The van der Waals surface area contributed by atoms with Crippen LogP contribution in [0, 0.1) is 19.7 Å². The molecule has 0 bridgehead atoms. The lowest BCUT2D eigenvalue weighted by Gasteiger charge is -2.12. The number of ether oxygens (including phenoxy) is 1. The van der Waals surface area contributed by atoms with Gasteiger partial charge in [-0.3, -0.25) is 0 Å². The average Bonchev–Trinajstić information content (AvgIpc) is 2.82. The zero-order chi connectivity index (χ0) is 17.4. The van der Waals surface area contributed by atoms with Crippen molar-refractivity contribution in [3.63, 3.8) is 0 Å². The summed E-state index contributed by atoms with van der Waals surface area (Å²) in [5, 5.41) is 1.66. The van der Waals surface area contributed by atoms with Crippen molar-refractivity contribution >= 4 is 28.5 Å². The Bertz CT molecular complexity index is 946. The zero-order valence-corrected chi connectivity index (χ0v) is 14.4. The molecule has 124 valence electrons. The maximum Gasteiger partial charge on any atom is 0.340 e. The van der Waals surface area contributed by atoms with E-state index in [1.54, 1.807) is 12.1 Å². The Kier molecular flexibility index (Phi) is 4.33. The summed E-state index contributed by atoms with van der Waals surface area (Å²) >= 11 is 6.37. The van der Waals surface area contributed by atoms with Crippen LogP contribution in [0.4, 0.5) is 4.39 Å². The molecule has 0 radical (unpaired) electrons. The van der Waals surface area contributed by atoms with Crippen molar-refractivity contribution in [2.24, 2.45) is 0 Å². The fourth-order valence-electron chi connectivity index (χ4n) is 2.99. The topological polar surface area (TPSA) is 31.2 Å². The third-order valence-corrected chi connectivity index (χ3v) is 4.73. The molecule has 0 spiro atoms. The molecule has 3 aromatic rings. The zero-order valence-electron chi connectivity index (χ0n) is 13.7. The van der Waals surface area contributed by atoms with Gasteiger partial charge >= 0.3 is 5.97 Å². The second kappa shape index (κ2) is 6.29. The minimum atomic E-state index is -0.683. The molecular weight excluding hydrogens is 329 g/mol. The Labute approximate surface area is 144 Å². The van der Waals surface area contributed by atoms with Gasteiger partial charge in [0.1, 0.15) is 5.82 Å². The first-order valence-corrected chi connectivity index (χ1v) is 7.93. The molecule has 2 aromatic carbocycles. The number of benzene rings is 2. The lowest BCUT2D eigenvalue weighted by Crippen LogP contribution is -2.10. The normalized spacial score (nSPS) is 11.0. The van der Waals surface area contributed by atoms with E-state index < -0.39 is 11.8 Å². The van der Waals surface area contributed by atoms with Crippen molar-refractivity contribution in [1.29, 1.82) is 0 Å². The molecule has 3 nitrogen and oxygen atoms in total. The van der Waals surface area contributed by atoms with E-state index in [2.05, 4.69) is 4.74 Å². The molecule has 0 saturated carbocycles. The maximum absolute atomic E-state index is 14.7. The Morgan fingerprint density at radius 1 is 1.21 bits per heavy atom. The van der Waals surface area contributed by atoms with Crippen LogP contribution in [0.1, 0.15) is 27.2 Å². The molecule has 24 heavy (non-hydrogen) atoms. The highest BCUT2D eigenvalue weighted by molar-refractivity contribution is 6.35. The quantitative estimate of drug-likeness (QED) is 0.633. The summed E-state index contributed by atoms with van der Waals surface area (Å²) in [5.41, 5.74) is 3.35. The van der Waals surface area contributed by atoms with Crippen LogP contribution in [0.2, 0.25) is 5.02 Å². The molecule has 0 aliphatic rings. The number of esters is 1. The fraction of sp³-hybridized carbons (Fsp3) is 0.211. The summed E-state index contributed by atoms with van der Waals surface area (Å²) in [6.07, 6.45) is 0. The van der Waals surface area contributed by atoms with Gasteiger partial charge in [0.05, 0.1) is 29.8 Å². The maximum atomic E-state index is 14.7. The van der Waals surface area contributed by atoms with Crippen LogP contribution in [0.5, 0.6) is 0 Å². The number of hydrogen-bond donors (Lipinski definition) is 0. The van der Waals surface area contributed by atoms with Gasteiger partial charge in [-0.1, -0.05) is 35.9 Å². The van der Waals surface area contributed by atoms with E-state index in [1.807, 2.05) is 36.6 Å². The number of rotatable bonds is 3. The molecule has 0 N–H and O–H groups in total. The number of methoxy groups -OCH3 is 1. The Balaban J connectivity index is 2.15. The van der Waals surface area contributed by atoms with Gasteiger partial charge < -0.3 is 9.30 Å². The van der Waals surface area contributed by atoms with Gasteiger partial charge in [0, 0.05) is 16.6 Å². The number of para-hydroxylation sites is 1. The van der Waals surface area contributed by atoms with Gasteiger partial charge in [0.2, 0.25) is 0 Å². The molecule has 1 heterocycles. The molecule has 0 unspecified atom stereocenters. The van der Waals surface area contributed by atoms with Crippen LogP contribution < -0.4 is 0 Å². The van der Waals surface area contributed by atoms with Crippen molar-refractivity contribution in [2.75, 3.05) is 7.11 Å². The van der Waals surface area contributed by atoms with E-state index in [1.165, 1.54) is 13.2 Å². The van der Waals surface area contributed by atoms with Gasteiger partial charge in [-0.2, -0.15) is 0 Å². The molecule has 0 fully saturated rings. The standard InChI is InChI=1S/C19H17ClFNO2/c1-11-12(2)22(18-14(11)7-5-9-16(18)20)10-13-6-4-8-15(17(13)21)19(23)24-3/h4-9H,10H2,1-3H3. The molecular formula is C19H17ClFNO2. The second-order valence-corrected chi connectivity index (χ2v) is 6.11. The van der Waals surface area contributed by atoms with E-state index in [0.29, 0.717) is 10.6 Å². The number of halogens is 2. The van der Waals surface area contributed by atoms with E-state index >= 15 is 0 Å². The molecule has 0 atom stereocenters. The third kappa shape index (κ3) is 2.57. The number of carbonyl (C=O) groups is 1. The van der Waals surface area contributed by atoms with Crippen LogP contribution in [-0.4, -0.2) is 17.6 Å². The second-order valence-electron chi connectivity index (χ2n) is 5.70. The van der Waals surface area contributed by atoms with Crippen LogP contribution in [-0.2, 0) is 11.3 Å². The van der Waals surface area contributed by atoms with Gasteiger partial charge in [0.15, 0.2) is 0 Å². The van der Waals surface area contributed by atoms with Crippen molar-refractivity contribution in [2.45, 2.75) is 20.4 Å². The number of nitrogens with zero attached hydrogens (tertiary/aromatic N) is 1. The van der Waals surface area contributed by atoms with Crippen LogP contribution in [0.25, 0.3) is 10.9 Å². The molecule has 0 amide bonds.